The molecular weight excluding hydrogens is 174 g/mol. The molecule has 1 aromatic rings. The highest BCUT2D eigenvalue weighted by Gasteiger charge is 1.85. The molecule has 14 heavy (non-hydrogen) atoms. The summed E-state index contributed by atoms with van der Waals surface area (Å²) in [4.78, 5) is 0. The summed E-state index contributed by atoms with van der Waals surface area (Å²) >= 11 is 0. The van der Waals surface area contributed by atoms with Crippen molar-refractivity contribution in [2.45, 2.75) is 13.3 Å². The van der Waals surface area contributed by atoms with Crippen LogP contribution in [-0.4, -0.2) is 13.1 Å². The number of rotatable bonds is 6. The maximum Gasteiger partial charge on any atom is 0.126 e. The van der Waals surface area contributed by atoms with Crippen LogP contribution >= 0.6 is 0 Å². The third kappa shape index (κ3) is 4.67. The van der Waals surface area contributed by atoms with Crippen LogP contribution in [0, 0.1) is 0 Å². The van der Waals surface area contributed by atoms with Gasteiger partial charge in [-0.1, -0.05) is 18.2 Å². The molecular formula is C12H17NO. The molecule has 76 valence electrons. The number of hydrogen-bond donors (Lipinski definition) is 1. The Kier molecular flexibility index (Phi) is 5.52. The van der Waals surface area contributed by atoms with Crippen LogP contribution in [0.2, 0.25) is 0 Å². The van der Waals surface area contributed by atoms with E-state index in [1.807, 2.05) is 25.1 Å². The van der Waals surface area contributed by atoms with Gasteiger partial charge in [-0.25, -0.2) is 0 Å². The highest BCUT2D eigenvalue weighted by Crippen LogP contribution is 2.01. The lowest BCUT2D eigenvalue weighted by atomic mass is 10.3. The minimum absolute atomic E-state index is 0.887. The van der Waals surface area contributed by atoms with Crippen LogP contribution in [0.5, 0.6) is 0 Å². The van der Waals surface area contributed by atoms with E-state index in [-0.39, 0.29) is 0 Å². The molecule has 1 aromatic heterocycles. The maximum atomic E-state index is 5.15. The van der Waals surface area contributed by atoms with Crippen LogP contribution in [0.25, 0.3) is 6.08 Å². The van der Waals surface area contributed by atoms with E-state index in [1.165, 1.54) is 0 Å². The minimum Gasteiger partial charge on any atom is -0.465 e. The fourth-order valence-corrected chi connectivity index (χ4v) is 1.10. The van der Waals surface area contributed by atoms with E-state index in [2.05, 4.69) is 23.5 Å². The molecule has 0 aliphatic heterocycles. The first-order valence-electron chi connectivity index (χ1n) is 4.95. The zero-order valence-corrected chi connectivity index (χ0v) is 8.57. The summed E-state index contributed by atoms with van der Waals surface area (Å²) in [6, 6.07) is 3.83. The molecule has 0 fully saturated rings. The second kappa shape index (κ2) is 7.15. The smallest absolute Gasteiger partial charge is 0.126 e. The first-order chi connectivity index (χ1) is 6.93. The van der Waals surface area contributed by atoms with Crippen molar-refractivity contribution < 1.29 is 4.42 Å². The molecule has 1 rings (SSSR count). The van der Waals surface area contributed by atoms with Crippen molar-refractivity contribution in [3.8, 4) is 0 Å². The van der Waals surface area contributed by atoms with Crippen molar-refractivity contribution in [2.24, 2.45) is 0 Å². The second-order valence-corrected chi connectivity index (χ2v) is 2.98. The summed E-state index contributed by atoms with van der Waals surface area (Å²) < 4.78 is 5.15. The van der Waals surface area contributed by atoms with Crippen LogP contribution < -0.4 is 5.32 Å². The molecule has 0 saturated heterocycles. The largest absolute Gasteiger partial charge is 0.465 e. The van der Waals surface area contributed by atoms with Crippen molar-refractivity contribution >= 4 is 6.08 Å². The van der Waals surface area contributed by atoms with Gasteiger partial charge in [0.2, 0.25) is 0 Å². The quantitative estimate of drug-likeness (QED) is 0.552. The van der Waals surface area contributed by atoms with Crippen LogP contribution in [-0.2, 0) is 0 Å². The lowest BCUT2D eigenvalue weighted by Gasteiger charge is -1.96. The summed E-state index contributed by atoms with van der Waals surface area (Å²) in [6.45, 7) is 3.95. The summed E-state index contributed by atoms with van der Waals surface area (Å²) in [5, 5.41) is 3.30. The van der Waals surface area contributed by atoms with Gasteiger partial charge in [0.1, 0.15) is 5.76 Å². The van der Waals surface area contributed by atoms with E-state index < -0.39 is 0 Å². The van der Waals surface area contributed by atoms with E-state index in [9.17, 15) is 0 Å². The van der Waals surface area contributed by atoms with E-state index in [0.29, 0.717) is 0 Å². The number of furan rings is 1. The van der Waals surface area contributed by atoms with Gasteiger partial charge in [0, 0.05) is 6.54 Å². The molecule has 0 aliphatic rings. The molecule has 1 heterocycles. The Morgan fingerprint density at radius 3 is 3.07 bits per heavy atom. The number of hydrogen-bond acceptors (Lipinski definition) is 2. The van der Waals surface area contributed by atoms with Gasteiger partial charge < -0.3 is 9.73 Å². The van der Waals surface area contributed by atoms with Crippen LogP contribution in [0.1, 0.15) is 19.1 Å². The van der Waals surface area contributed by atoms with Gasteiger partial charge in [-0.05, 0) is 38.1 Å². The van der Waals surface area contributed by atoms with Gasteiger partial charge >= 0.3 is 0 Å². The first kappa shape index (κ1) is 10.8. The average molecular weight is 191 g/mol. The fraction of sp³-hybridized carbons (Fsp3) is 0.333. The molecule has 1 N–H and O–H groups in total. The number of allylic oxidation sites excluding steroid dienone is 1. The van der Waals surface area contributed by atoms with Crippen molar-refractivity contribution in [1.82, 2.24) is 5.32 Å². The van der Waals surface area contributed by atoms with Crippen molar-refractivity contribution in [2.75, 3.05) is 13.1 Å². The molecule has 0 unspecified atom stereocenters. The minimum atomic E-state index is 0.887. The van der Waals surface area contributed by atoms with Gasteiger partial charge in [0.05, 0.1) is 6.26 Å². The number of nitrogens with one attached hydrogen (secondary N) is 1. The molecule has 0 amide bonds. The standard InChI is InChI=1S/C12H17NO/c1-2-3-4-9-13-10-5-7-12-8-6-11-14-12/h2-3,5-8,11,13H,4,9-10H2,1H3/b3-2+,7-5+. The van der Waals surface area contributed by atoms with E-state index in [1.54, 1.807) is 6.26 Å². The monoisotopic (exact) mass is 191 g/mol. The normalized spacial score (nSPS) is 11.8. The Hall–Kier alpha value is -1.28. The maximum absolute atomic E-state index is 5.15. The second-order valence-electron chi connectivity index (χ2n) is 2.98. The van der Waals surface area contributed by atoms with Gasteiger partial charge in [-0.15, -0.1) is 0 Å². The Labute approximate surface area is 85.3 Å². The molecule has 0 aliphatic carbocycles. The average Bonchev–Trinajstić information content (AvgIpc) is 2.69. The Morgan fingerprint density at radius 1 is 1.43 bits per heavy atom. The Balaban J connectivity index is 2.04. The zero-order chi connectivity index (χ0) is 10.1. The van der Waals surface area contributed by atoms with Gasteiger partial charge in [0.25, 0.3) is 0 Å². The van der Waals surface area contributed by atoms with Crippen molar-refractivity contribution in [3.05, 3.63) is 42.4 Å². The van der Waals surface area contributed by atoms with Gasteiger partial charge in [-0.2, -0.15) is 0 Å². The predicted molar refractivity (Wildman–Crippen MR) is 60.0 cm³/mol. The van der Waals surface area contributed by atoms with Gasteiger partial charge in [0.15, 0.2) is 0 Å². The SMILES string of the molecule is C/C=C/CCNC/C=C/c1ccco1. The van der Waals surface area contributed by atoms with E-state index in [0.717, 1.165) is 25.3 Å². The van der Waals surface area contributed by atoms with Crippen LogP contribution in [0.4, 0.5) is 0 Å². The summed E-state index contributed by atoms with van der Waals surface area (Å²) in [5.41, 5.74) is 0. The molecule has 0 radical (unpaired) electrons. The van der Waals surface area contributed by atoms with E-state index in [4.69, 9.17) is 4.42 Å². The lowest BCUT2D eigenvalue weighted by Crippen LogP contribution is -2.13. The lowest BCUT2D eigenvalue weighted by molar-refractivity contribution is 0.556. The molecule has 0 bridgehead atoms. The first-order valence-corrected chi connectivity index (χ1v) is 4.95. The molecule has 2 nitrogen and oxygen atoms in total. The topological polar surface area (TPSA) is 25.2 Å². The summed E-state index contributed by atoms with van der Waals surface area (Å²) in [5.74, 6) is 0.903. The van der Waals surface area contributed by atoms with Crippen LogP contribution in [0.3, 0.4) is 0 Å². The Bertz CT molecular complexity index is 273. The van der Waals surface area contributed by atoms with Crippen molar-refractivity contribution in [3.63, 3.8) is 0 Å². The van der Waals surface area contributed by atoms with Gasteiger partial charge in [-0.3, -0.25) is 0 Å². The molecule has 0 spiro atoms. The van der Waals surface area contributed by atoms with E-state index >= 15 is 0 Å². The highest BCUT2D eigenvalue weighted by molar-refractivity contribution is 5.42. The third-order valence-corrected chi connectivity index (χ3v) is 1.81. The van der Waals surface area contributed by atoms with Crippen LogP contribution in [0.15, 0.2) is 41.0 Å². The third-order valence-electron chi connectivity index (χ3n) is 1.81. The predicted octanol–water partition coefficient (Wildman–Crippen LogP) is 2.85. The fourth-order valence-electron chi connectivity index (χ4n) is 1.10. The van der Waals surface area contributed by atoms with Crippen molar-refractivity contribution in [1.29, 1.82) is 0 Å². The zero-order valence-electron chi connectivity index (χ0n) is 8.57. The molecule has 0 saturated carbocycles. The molecule has 0 atom stereocenters. The molecule has 2 heteroatoms. The highest BCUT2D eigenvalue weighted by atomic mass is 16.3. The summed E-state index contributed by atoms with van der Waals surface area (Å²) in [7, 11) is 0. The Morgan fingerprint density at radius 2 is 2.36 bits per heavy atom. The molecule has 0 aromatic carbocycles. The summed E-state index contributed by atoms with van der Waals surface area (Å²) in [6.07, 6.45) is 11.0.